The van der Waals surface area contributed by atoms with E-state index < -0.39 is 5.60 Å². The summed E-state index contributed by atoms with van der Waals surface area (Å²) >= 11 is 0. The van der Waals surface area contributed by atoms with Gasteiger partial charge in [-0.15, -0.1) is 0 Å². The largest absolute Gasteiger partial charge is 0.388 e. The first-order chi connectivity index (χ1) is 9.71. The molecule has 116 valence electrons. The van der Waals surface area contributed by atoms with E-state index >= 15 is 0 Å². The molecule has 0 bridgehead atoms. The molecule has 0 heterocycles. The van der Waals surface area contributed by atoms with Gasteiger partial charge in [0.1, 0.15) is 0 Å². The van der Waals surface area contributed by atoms with Crippen LogP contribution in [0.4, 0.5) is 0 Å². The van der Waals surface area contributed by atoms with Crippen LogP contribution >= 0.6 is 0 Å². The third kappa shape index (κ3) is 4.07. The highest BCUT2D eigenvalue weighted by atomic mass is 16.3. The fraction of sp³-hybridized carbons (Fsp3) is 0.611. The molecule has 1 aliphatic carbocycles. The Labute approximate surface area is 127 Å². The van der Waals surface area contributed by atoms with Crippen LogP contribution in [0, 0.1) is 19.3 Å². The van der Waals surface area contributed by atoms with Crippen molar-refractivity contribution in [2.24, 2.45) is 5.41 Å². The van der Waals surface area contributed by atoms with Crippen LogP contribution in [-0.2, 0) is 0 Å². The lowest BCUT2D eigenvalue weighted by Gasteiger charge is -2.40. The number of hydrogen-bond donors (Lipinski definition) is 2. The number of carbonyl (C=O) groups excluding carboxylic acids is 1. The molecule has 0 radical (unpaired) electrons. The lowest BCUT2D eigenvalue weighted by molar-refractivity contribution is -0.0233. The van der Waals surface area contributed by atoms with Gasteiger partial charge in [-0.1, -0.05) is 19.9 Å². The number of nitrogens with one attached hydrogen (secondary N) is 1. The van der Waals surface area contributed by atoms with Gasteiger partial charge in [0.05, 0.1) is 5.60 Å². The molecular weight excluding hydrogens is 262 g/mol. The van der Waals surface area contributed by atoms with Crippen LogP contribution < -0.4 is 5.32 Å². The maximum atomic E-state index is 12.2. The van der Waals surface area contributed by atoms with E-state index in [1.807, 2.05) is 32.0 Å². The van der Waals surface area contributed by atoms with E-state index in [0.29, 0.717) is 17.5 Å². The molecule has 0 unspecified atom stereocenters. The van der Waals surface area contributed by atoms with Gasteiger partial charge in [0.15, 0.2) is 0 Å². The molecule has 0 aromatic heterocycles. The fourth-order valence-electron chi connectivity index (χ4n) is 2.80. The van der Waals surface area contributed by atoms with Gasteiger partial charge in [0, 0.05) is 12.1 Å². The van der Waals surface area contributed by atoms with E-state index in [1.54, 1.807) is 0 Å². The highest BCUT2D eigenvalue weighted by Crippen LogP contribution is 2.39. The lowest BCUT2D eigenvalue weighted by Crippen LogP contribution is -2.46. The van der Waals surface area contributed by atoms with Crippen LogP contribution in [-0.4, -0.2) is 23.2 Å². The van der Waals surface area contributed by atoms with Crippen LogP contribution in [0.1, 0.15) is 61.0 Å². The zero-order chi connectivity index (χ0) is 15.7. The zero-order valence-corrected chi connectivity index (χ0v) is 13.6. The highest BCUT2D eigenvalue weighted by molar-refractivity contribution is 5.94. The second-order valence-corrected chi connectivity index (χ2v) is 7.37. The van der Waals surface area contributed by atoms with Crippen molar-refractivity contribution in [1.29, 1.82) is 0 Å². The summed E-state index contributed by atoms with van der Waals surface area (Å²) in [5, 5.41) is 13.5. The van der Waals surface area contributed by atoms with Gasteiger partial charge in [-0.05, 0) is 68.2 Å². The molecule has 2 N–H and O–H groups in total. The third-order valence-corrected chi connectivity index (χ3v) is 4.88. The van der Waals surface area contributed by atoms with Crippen LogP contribution in [0.25, 0.3) is 0 Å². The van der Waals surface area contributed by atoms with E-state index in [4.69, 9.17) is 0 Å². The van der Waals surface area contributed by atoms with Crippen molar-refractivity contribution >= 4 is 5.91 Å². The molecule has 0 aliphatic heterocycles. The van der Waals surface area contributed by atoms with Crippen molar-refractivity contribution in [1.82, 2.24) is 5.32 Å². The average molecular weight is 289 g/mol. The average Bonchev–Trinajstić information content (AvgIpc) is 2.43. The summed E-state index contributed by atoms with van der Waals surface area (Å²) < 4.78 is 0. The number of aliphatic hydroxyl groups is 1. The van der Waals surface area contributed by atoms with Crippen molar-refractivity contribution in [2.45, 2.75) is 59.0 Å². The fourth-order valence-corrected chi connectivity index (χ4v) is 2.80. The highest BCUT2D eigenvalue weighted by Gasteiger charge is 2.36. The normalized spacial score (nSPS) is 20.0. The Hall–Kier alpha value is -1.35. The Morgan fingerprint density at radius 3 is 2.33 bits per heavy atom. The Bertz CT molecular complexity index is 524. The summed E-state index contributed by atoms with van der Waals surface area (Å²) in [4.78, 5) is 12.2. The molecule has 0 saturated heterocycles. The summed E-state index contributed by atoms with van der Waals surface area (Å²) in [6.45, 7) is 8.85. The molecule has 2 rings (SSSR count). The quantitative estimate of drug-likeness (QED) is 0.896. The second-order valence-electron chi connectivity index (χ2n) is 7.37. The van der Waals surface area contributed by atoms with E-state index in [-0.39, 0.29) is 5.91 Å². The summed E-state index contributed by atoms with van der Waals surface area (Å²) in [6, 6.07) is 5.70. The predicted molar refractivity (Wildman–Crippen MR) is 85.4 cm³/mol. The number of aryl methyl sites for hydroxylation is 2. The maximum absolute atomic E-state index is 12.2. The van der Waals surface area contributed by atoms with Gasteiger partial charge in [-0.25, -0.2) is 0 Å². The Kier molecular flexibility index (Phi) is 4.43. The zero-order valence-electron chi connectivity index (χ0n) is 13.6. The maximum Gasteiger partial charge on any atom is 0.251 e. The van der Waals surface area contributed by atoms with Crippen molar-refractivity contribution < 1.29 is 9.90 Å². The number of amides is 1. The summed E-state index contributed by atoms with van der Waals surface area (Å²) in [7, 11) is 0. The van der Waals surface area contributed by atoms with Gasteiger partial charge >= 0.3 is 0 Å². The van der Waals surface area contributed by atoms with Crippen molar-refractivity contribution in [2.75, 3.05) is 6.54 Å². The van der Waals surface area contributed by atoms with Crippen LogP contribution in [0.2, 0.25) is 0 Å². The molecule has 1 aliphatic rings. The number of hydrogen-bond acceptors (Lipinski definition) is 2. The van der Waals surface area contributed by atoms with E-state index in [0.717, 1.165) is 31.2 Å². The summed E-state index contributed by atoms with van der Waals surface area (Å²) in [5.74, 6) is -0.101. The SMILES string of the molecule is Cc1ccc(C(=O)NCC2(O)CCC(C)(C)CC2)cc1C. The Morgan fingerprint density at radius 2 is 1.76 bits per heavy atom. The van der Waals surface area contributed by atoms with Gasteiger partial charge in [0.2, 0.25) is 0 Å². The smallest absolute Gasteiger partial charge is 0.251 e. The second kappa shape index (κ2) is 5.80. The Balaban J connectivity index is 1.93. The van der Waals surface area contributed by atoms with Gasteiger partial charge in [0.25, 0.3) is 5.91 Å². The summed E-state index contributed by atoms with van der Waals surface area (Å²) in [5.41, 5.74) is 2.52. The van der Waals surface area contributed by atoms with E-state index in [9.17, 15) is 9.90 Å². The van der Waals surface area contributed by atoms with E-state index in [2.05, 4.69) is 19.2 Å². The minimum atomic E-state index is -0.745. The van der Waals surface area contributed by atoms with Gasteiger partial charge in [-0.3, -0.25) is 4.79 Å². The topological polar surface area (TPSA) is 49.3 Å². The Morgan fingerprint density at radius 1 is 1.14 bits per heavy atom. The first kappa shape index (κ1) is 16.0. The van der Waals surface area contributed by atoms with Crippen LogP contribution in [0.15, 0.2) is 18.2 Å². The third-order valence-electron chi connectivity index (χ3n) is 4.88. The number of carbonyl (C=O) groups is 1. The van der Waals surface area contributed by atoms with Gasteiger partial charge < -0.3 is 10.4 Å². The molecular formula is C18H27NO2. The van der Waals surface area contributed by atoms with E-state index in [1.165, 1.54) is 5.56 Å². The van der Waals surface area contributed by atoms with Crippen molar-refractivity contribution in [3.8, 4) is 0 Å². The first-order valence-electron chi connectivity index (χ1n) is 7.79. The minimum absolute atomic E-state index is 0.101. The molecule has 1 aromatic rings. The predicted octanol–water partition coefficient (Wildman–Crippen LogP) is 3.36. The molecule has 1 saturated carbocycles. The molecule has 0 atom stereocenters. The molecule has 21 heavy (non-hydrogen) atoms. The van der Waals surface area contributed by atoms with Crippen molar-refractivity contribution in [3.05, 3.63) is 34.9 Å². The lowest BCUT2D eigenvalue weighted by atomic mass is 9.71. The number of benzene rings is 1. The molecule has 1 aromatic carbocycles. The minimum Gasteiger partial charge on any atom is -0.388 e. The first-order valence-corrected chi connectivity index (χ1v) is 7.79. The summed E-state index contributed by atoms with van der Waals surface area (Å²) in [6.07, 6.45) is 3.52. The monoisotopic (exact) mass is 289 g/mol. The number of rotatable bonds is 3. The van der Waals surface area contributed by atoms with Gasteiger partial charge in [-0.2, -0.15) is 0 Å². The molecule has 1 fully saturated rings. The van der Waals surface area contributed by atoms with Crippen molar-refractivity contribution in [3.63, 3.8) is 0 Å². The molecule has 3 heteroatoms. The molecule has 1 amide bonds. The molecule has 0 spiro atoms. The standard InChI is InChI=1S/C18H27NO2/c1-13-5-6-15(11-14(13)2)16(20)19-12-18(21)9-7-17(3,4)8-10-18/h5-6,11,21H,7-10,12H2,1-4H3,(H,19,20). The van der Waals surface area contributed by atoms with Crippen LogP contribution in [0.3, 0.4) is 0 Å². The van der Waals surface area contributed by atoms with Crippen LogP contribution in [0.5, 0.6) is 0 Å². The molecule has 3 nitrogen and oxygen atoms in total.